The lowest BCUT2D eigenvalue weighted by Crippen LogP contribution is -2.31. The summed E-state index contributed by atoms with van der Waals surface area (Å²) in [6, 6.07) is 0. The number of carbonyl (C=O) groups is 1. The zero-order valence-corrected chi connectivity index (χ0v) is 9.26. The minimum Gasteiger partial charge on any atom is -0.346 e. The van der Waals surface area contributed by atoms with E-state index in [2.05, 4.69) is 20.8 Å². The van der Waals surface area contributed by atoms with E-state index in [4.69, 9.17) is 5.73 Å². The van der Waals surface area contributed by atoms with Crippen LogP contribution in [0.25, 0.3) is 0 Å². The molecule has 13 heavy (non-hydrogen) atoms. The normalized spacial score (nSPS) is 11.5. The van der Waals surface area contributed by atoms with Crippen molar-refractivity contribution in [2.24, 2.45) is 11.1 Å². The molecule has 0 spiro atoms. The van der Waals surface area contributed by atoms with E-state index in [1.54, 1.807) is 4.90 Å². The molecule has 0 bridgehead atoms. The molecule has 78 valence electrons. The van der Waals surface area contributed by atoms with E-state index in [-0.39, 0.29) is 11.3 Å². The Morgan fingerprint density at radius 3 is 2.31 bits per heavy atom. The summed E-state index contributed by atoms with van der Waals surface area (Å²) >= 11 is 0. The average Bonchev–Trinajstić information content (AvgIpc) is 1.99. The molecule has 0 aromatic rings. The standard InChI is InChI=1S/C10H22N2O/c1-10(2,3)6-8-12(4)9(13)5-7-11/h5-8,11H2,1-4H3. The Kier molecular flexibility index (Phi) is 4.99. The Balaban J connectivity index is 3.74. The van der Waals surface area contributed by atoms with Crippen LogP contribution in [-0.2, 0) is 4.79 Å². The van der Waals surface area contributed by atoms with Crippen LogP contribution in [0.5, 0.6) is 0 Å². The van der Waals surface area contributed by atoms with Crippen LogP contribution in [0.1, 0.15) is 33.6 Å². The molecule has 0 unspecified atom stereocenters. The number of hydrogen-bond acceptors (Lipinski definition) is 2. The maximum Gasteiger partial charge on any atom is 0.223 e. The first-order valence-corrected chi connectivity index (χ1v) is 4.81. The second-order valence-corrected chi connectivity index (χ2v) is 4.66. The summed E-state index contributed by atoms with van der Waals surface area (Å²) in [7, 11) is 1.84. The molecular formula is C10H22N2O. The highest BCUT2D eigenvalue weighted by Crippen LogP contribution is 2.18. The van der Waals surface area contributed by atoms with Crippen molar-refractivity contribution in [3.63, 3.8) is 0 Å². The van der Waals surface area contributed by atoms with E-state index in [1.165, 1.54) is 0 Å². The van der Waals surface area contributed by atoms with E-state index in [0.29, 0.717) is 13.0 Å². The Morgan fingerprint density at radius 2 is 1.92 bits per heavy atom. The van der Waals surface area contributed by atoms with Gasteiger partial charge < -0.3 is 10.6 Å². The van der Waals surface area contributed by atoms with Crippen molar-refractivity contribution < 1.29 is 4.79 Å². The highest BCUT2D eigenvalue weighted by molar-refractivity contribution is 5.75. The fourth-order valence-electron chi connectivity index (χ4n) is 0.942. The molecule has 3 heteroatoms. The Bertz CT molecular complexity index is 161. The quantitative estimate of drug-likeness (QED) is 0.717. The Hall–Kier alpha value is -0.570. The third-order valence-electron chi connectivity index (χ3n) is 1.98. The third-order valence-corrected chi connectivity index (χ3v) is 1.98. The molecule has 0 fully saturated rings. The lowest BCUT2D eigenvalue weighted by atomic mass is 9.92. The summed E-state index contributed by atoms with van der Waals surface area (Å²) in [6.07, 6.45) is 1.49. The first kappa shape index (κ1) is 12.4. The van der Waals surface area contributed by atoms with Crippen LogP contribution < -0.4 is 5.73 Å². The first-order chi connectivity index (χ1) is 5.87. The molecule has 0 aliphatic carbocycles. The van der Waals surface area contributed by atoms with Gasteiger partial charge in [-0.25, -0.2) is 0 Å². The summed E-state index contributed by atoms with van der Waals surface area (Å²) in [5.41, 5.74) is 5.59. The topological polar surface area (TPSA) is 46.3 Å². The molecule has 0 aromatic heterocycles. The number of carbonyl (C=O) groups excluding carboxylic acids is 1. The molecule has 0 rings (SSSR count). The van der Waals surface area contributed by atoms with E-state index < -0.39 is 0 Å². The molecule has 0 saturated carbocycles. The van der Waals surface area contributed by atoms with Crippen molar-refractivity contribution in [1.29, 1.82) is 0 Å². The number of rotatable bonds is 4. The molecule has 3 nitrogen and oxygen atoms in total. The zero-order chi connectivity index (χ0) is 10.5. The van der Waals surface area contributed by atoms with Crippen molar-refractivity contribution in [3.05, 3.63) is 0 Å². The summed E-state index contributed by atoms with van der Waals surface area (Å²) in [5, 5.41) is 0. The predicted molar refractivity (Wildman–Crippen MR) is 55.4 cm³/mol. The number of amides is 1. The average molecular weight is 186 g/mol. The van der Waals surface area contributed by atoms with Gasteiger partial charge in [0.15, 0.2) is 0 Å². The fraction of sp³-hybridized carbons (Fsp3) is 0.900. The maximum atomic E-state index is 11.3. The fourth-order valence-corrected chi connectivity index (χ4v) is 0.942. The molecule has 0 saturated heterocycles. The summed E-state index contributed by atoms with van der Waals surface area (Å²) in [6.45, 7) is 7.79. The maximum absolute atomic E-state index is 11.3. The molecule has 0 radical (unpaired) electrons. The van der Waals surface area contributed by atoms with Gasteiger partial charge in [0.05, 0.1) is 0 Å². The van der Waals surface area contributed by atoms with Crippen LogP contribution in [0.15, 0.2) is 0 Å². The van der Waals surface area contributed by atoms with E-state index in [1.807, 2.05) is 7.05 Å². The van der Waals surface area contributed by atoms with Gasteiger partial charge in [-0.3, -0.25) is 4.79 Å². The minimum atomic E-state index is 0.145. The van der Waals surface area contributed by atoms with Crippen molar-refractivity contribution in [3.8, 4) is 0 Å². The molecular weight excluding hydrogens is 164 g/mol. The largest absolute Gasteiger partial charge is 0.346 e. The molecule has 2 N–H and O–H groups in total. The van der Waals surface area contributed by atoms with Gasteiger partial charge in [0, 0.05) is 26.6 Å². The third kappa shape index (κ3) is 6.58. The second kappa shape index (κ2) is 5.22. The molecule has 0 heterocycles. The van der Waals surface area contributed by atoms with Crippen LogP contribution >= 0.6 is 0 Å². The van der Waals surface area contributed by atoms with Gasteiger partial charge in [0.2, 0.25) is 5.91 Å². The van der Waals surface area contributed by atoms with Gasteiger partial charge in [0.1, 0.15) is 0 Å². The number of nitrogens with zero attached hydrogens (tertiary/aromatic N) is 1. The van der Waals surface area contributed by atoms with Crippen LogP contribution in [-0.4, -0.2) is 30.9 Å². The van der Waals surface area contributed by atoms with Crippen molar-refractivity contribution in [1.82, 2.24) is 4.90 Å². The molecule has 0 atom stereocenters. The molecule has 0 aliphatic rings. The van der Waals surface area contributed by atoms with Crippen molar-refractivity contribution >= 4 is 5.91 Å². The van der Waals surface area contributed by atoms with Crippen molar-refractivity contribution in [2.45, 2.75) is 33.6 Å². The molecule has 0 aromatic carbocycles. The van der Waals surface area contributed by atoms with Gasteiger partial charge in [-0.2, -0.15) is 0 Å². The second-order valence-electron chi connectivity index (χ2n) is 4.66. The van der Waals surface area contributed by atoms with E-state index in [9.17, 15) is 4.79 Å². The molecule has 0 aliphatic heterocycles. The lowest BCUT2D eigenvalue weighted by Gasteiger charge is -2.23. The highest BCUT2D eigenvalue weighted by atomic mass is 16.2. The summed E-state index contributed by atoms with van der Waals surface area (Å²) in [4.78, 5) is 13.1. The van der Waals surface area contributed by atoms with Crippen LogP contribution in [0.4, 0.5) is 0 Å². The number of hydrogen-bond donors (Lipinski definition) is 1. The summed E-state index contributed by atoms with van der Waals surface area (Å²) in [5.74, 6) is 0.145. The zero-order valence-electron chi connectivity index (χ0n) is 9.26. The van der Waals surface area contributed by atoms with Gasteiger partial charge >= 0.3 is 0 Å². The van der Waals surface area contributed by atoms with Gasteiger partial charge in [-0.15, -0.1) is 0 Å². The lowest BCUT2D eigenvalue weighted by molar-refractivity contribution is -0.129. The number of nitrogens with two attached hydrogens (primary N) is 1. The van der Waals surface area contributed by atoms with Crippen LogP contribution in [0, 0.1) is 5.41 Å². The van der Waals surface area contributed by atoms with Crippen LogP contribution in [0.2, 0.25) is 0 Å². The molecule has 1 amide bonds. The minimum absolute atomic E-state index is 0.145. The smallest absolute Gasteiger partial charge is 0.223 e. The van der Waals surface area contributed by atoms with E-state index >= 15 is 0 Å². The van der Waals surface area contributed by atoms with E-state index in [0.717, 1.165) is 13.0 Å². The SMILES string of the molecule is CN(CCC(C)(C)C)C(=O)CCN. The summed E-state index contributed by atoms with van der Waals surface area (Å²) < 4.78 is 0. The van der Waals surface area contributed by atoms with Gasteiger partial charge in [0.25, 0.3) is 0 Å². The first-order valence-electron chi connectivity index (χ1n) is 4.81. The monoisotopic (exact) mass is 186 g/mol. The van der Waals surface area contributed by atoms with Crippen molar-refractivity contribution in [2.75, 3.05) is 20.1 Å². The Morgan fingerprint density at radius 1 is 1.38 bits per heavy atom. The highest BCUT2D eigenvalue weighted by Gasteiger charge is 2.13. The van der Waals surface area contributed by atoms with Crippen LogP contribution in [0.3, 0.4) is 0 Å². The van der Waals surface area contributed by atoms with Gasteiger partial charge in [-0.1, -0.05) is 20.8 Å². The Labute approximate surface area is 81.3 Å². The van der Waals surface area contributed by atoms with Gasteiger partial charge in [-0.05, 0) is 11.8 Å². The predicted octanol–water partition coefficient (Wildman–Crippen LogP) is 1.23.